The number of morpholine rings is 1. The second-order valence-corrected chi connectivity index (χ2v) is 6.98. The Hall–Kier alpha value is -1.93. The summed E-state index contributed by atoms with van der Waals surface area (Å²) < 4.78 is 9.18. The molecule has 0 aliphatic carbocycles. The van der Waals surface area contributed by atoms with Gasteiger partial charge in [0.25, 0.3) is 5.56 Å². The van der Waals surface area contributed by atoms with Crippen LogP contribution < -0.4 is 11.2 Å². The van der Waals surface area contributed by atoms with Crippen LogP contribution >= 0.6 is 0 Å². The number of H-pyrrole nitrogens is 1. The van der Waals surface area contributed by atoms with Crippen molar-refractivity contribution in [1.29, 1.82) is 0 Å². The normalized spacial score (nSPS) is 21.9. The van der Waals surface area contributed by atoms with Gasteiger partial charge in [-0.25, -0.2) is 9.78 Å². The second-order valence-electron chi connectivity index (χ2n) is 6.98. The third-order valence-electron chi connectivity index (χ3n) is 4.68. The Morgan fingerprint density at radius 2 is 1.92 bits per heavy atom. The highest BCUT2D eigenvalue weighted by Crippen LogP contribution is 2.17. The Balaban J connectivity index is 2.04. The number of aromatic nitrogens is 4. The summed E-state index contributed by atoms with van der Waals surface area (Å²) in [4.78, 5) is 33.6. The number of nitrogens with zero attached hydrogens (tertiary/aromatic N) is 4. The minimum atomic E-state index is -0.433. The number of rotatable bonds is 5. The molecule has 0 bridgehead atoms. The van der Waals surface area contributed by atoms with Gasteiger partial charge >= 0.3 is 5.69 Å². The molecule has 3 heterocycles. The van der Waals surface area contributed by atoms with E-state index in [0.29, 0.717) is 17.7 Å². The molecule has 1 aliphatic rings. The van der Waals surface area contributed by atoms with Gasteiger partial charge in [0.2, 0.25) is 0 Å². The fourth-order valence-corrected chi connectivity index (χ4v) is 3.57. The van der Waals surface area contributed by atoms with Gasteiger partial charge in [0.05, 0.1) is 18.8 Å². The largest absolute Gasteiger partial charge is 0.373 e. The maximum Gasteiger partial charge on any atom is 0.329 e. The number of aryl methyl sites for hydroxylation is 2. The number of imidazole rings is 1. The molecule has 1 saturated heterocycles. The summed E-state index contributed by atoms with van der Waals surface area (Å²) in [5.74, 6) is 0.830. The standard InChI is InChI=1S/C17H27N5O3/c1-5-6-7-22-13(10-21-8-11(2)25-12(3)9-21)18-15-14(22)16(23)19-17(24)20(15)4/h11-12H,5-10H2,1-4H3,(H,19,23,24)/t11-,12-/m0/s1. The lowest BCUT2D eigenvalue weighted by Gasteiger charge is -2.35. The first-order valence-electron chi connectivity index (χ1n) is 8.97. The number of ether oxygens (including phenoxy) is 1. The van der Waals surface area contributed by atoms with Gasteiger partial charge in [0.1, 0.15) is 5.82 Å². The van der Waals surface area contributed by atoms with Gasteiger partial charge in [-0.2, -0.15) is 0 Å². The second kappa shape index (κ2) is 7.13. The fourth-order valence-electron chi connectivity index (χ4n) is 3.57. The van der Waals surface area contributed by atoms with Crippen molar-refractivity contribution >= 4 is 11.2 Å². The number of unbranched alkanes of at least 4 members (excludes halogenated alkanes) is 1. The molecule has 8 nitrogen and oxygen atoms in total. The maximum atomic E-state index is 12.4. The van der Waals surface area contributed by atoms with E-state index in [4.69, 9.17) is 4.74 Å². The van der Waals surface area contributed by atoms with E-state index in [-0.39, 0.29) is 17.8 Å². The first-order valence-corrected chi connectivity index (χ1v) is 8.97. The van der Waals surface area contributed by atoms with Crippen molar-refractivity contribution < 1.29 is 4.74 Å². The van der Waals surface area contributed by atoms with E-state index < -0.39 is 5.69 Å². The number of nitrogens with one attached hydrogen (secondary N) is 1. The lowest BCUT2D eigenvalue weighted by molar-refractivity contribution is -0.0712. The SMILES string of the molecule is CCCCn1c(CN2C[C@H](C)O[C@@H](C)C2)nc2c1c(=O)[nH]c(=O)n2C. The Morgan fingerprint density at radius 1 is 1.24 bits per heavy atom. The third kappa shape index (κ3) is 3.55. The van der Waals surface area contributed by atoms with Crippen LogP contribution in [0.1, 0.15) is 39.4 Å². The predicted molar refractivity (Wildman–Crippen MR) is 95.8 cm³/mol. The summed E-state index contributed by atoms with van der Waals surface area (Å²) in [6.07, 6.45) is 2.32. The highest BCUT2D eigenvalue weighted by atomic mass is 16.5. The molecule has 8 heteroatoms. The Kier molecular flexibility index (Phi) is 5.10. The number of aromatic amines is 1. The van der Waals surface area contributed by atoms with Gasteiger partial charge in [0.15, 0.2) is 11.2 Å². The summed E-state index contributed by atoms with van der Waals surface area (Å²) >= 11 is 0. The van der Waals surface area contributed by atoms with Crippen LogP contribution in [0.4, 0.5) is 0 Å². The molecule has 1 aliphatic heterocycles. The van der Waals surface area contributed by atoms with Crippen LogP contribution in [-0.4, -0.2) is 49.3 Å². The van der Waals surface area contributed by atoms with Crippen molar-refractivity contribution in [2.75, 3.05) is 13.1 Å². The fraction of sp³-hybridized carbons (Fsp3) is 0.706. The zero-order valence-corrected chi connectivity index (χ0v) is 15.4. The van der Waals surface area contributed by atoms with E-state index in [0.717, 1.165) is 38.3 Å². The Morgan fingerprint density at radius 3 is 2.56 bits per heavy atom. The zero-order chi connectivity index (χ0) is 18.1. The van der Waals surface area contributed by atoms with Crippen molar-refractivity contribution in [3.8, 4) is 0 Å². The smallest absolute Gasteiger partial charge is 0.329 e. The molecule has 3 rings (SSSR count). The highest BCUT2D eigenvalue weighted by molar-refractivity contribution is 5.70. The maximum absolute atomic E-state index is 12.4. The first-order chi connectivity index (χ1) is 11.9. The Bertz CT molecular complexity index is 856. The van der Waals surface area contributed by atoms with Crippen molar-refractivity contribution in [1.82, 2.24) is 24.0 Å². The summed E-state index contributed by atoms with van der Waals surface area (Å²) in [5, 5.41) is 0. The zero-order valence-electron chi connectivity index (χ0n) is 15.4. The molecule has 0 amide bonds. The van der Waals surface area contributed by atoms with Crippen LogP contribution in [0.25, 0.3) is 11.2 Å². The van der Waals surface area contributed by atoms with Gasteiger partial charge in [-0.1, -0.05) is 13.3 Å². The topological polar surface area (TPSA) is 85.2 Å². The molecule has 0 unspecified atom stereocenters. The molecule has 2 aromatic heterocycles. The average Bonchev–Trinajstić information content (AvgIpc) is 2.88. The van der Waals surface area contributed by atoms with Crippen molar-refractivity contribution in [2.24, 2.45) is 7.05 Å². The van der Waals surface area contributed by atoms with Gasteiger partial charge in [-0.15, -0.1) is 0 Å². The van der Waals surface area contributed by atoms with Crippen LogP contribution in [-0.2, 0) is 24.9 Å². The quantitative estimate of drug-likeness (QED) is 0.864. The molecule has 25 heavy (non-hydrogen) atoms. The summed E-state index contributed by atoms with van der Waals surface area (Å²) in [7, 11) is 1.64. The predicted octanol–water partition coefficient (Wildman–Crippen LogP) is 0.833. The molecule has 0 aromatic carbocycles. The van der Waals surface area contributed by atoms with E-state index in [1.165, 1.54) is 4.57 Å². The molecule has 0 radical (unpaired) electrons. The molecule has 138 valence electrons. The molecule has 0 saturated carbocycles. The Labute approximate surface area is 146 Å². The lowest BCUT2D eigenvalue weighted by atomic mass is 10.2. The van der Waals surface area contributed by atoms with Crippen LogP contribution in [0.15, 0.2) is 9.59 Å². The number of hydrogen-bond donors (Lipinski definition) is 1. The van der Waals surface area contributed by atoms with Crippen LogP contribution in [0, 0.1) is 0 Å². The minimum Gasteiger partial charge on any atom is -0.373 e. The molecule has 1 fully saturated rings. The number of hydrogen-bond acceptors (Lipinski definition) is 5. The van der Waals surface area contributed by atoms with E-state index in [1.807, 2.05) is 4.57 Å². The molecular formula is C17H27N5O3. The molecule has 2 aromatic rings. The third-order valence-corrected chi connectivity index (χ3v) is 4.68. The van der Waals surface area contributed by atoms with E-state index >= 15 is 0 Å². The first kappa shape index (κ1) is 17.9. The molecular weight excluding hydrogens is 322 g/mol. The summed E-state index contributed by atoms with van der Waals surface area (Å²) in [6.45, 7) is 9.27. The van der Waals surface area contributed by atoms with Crippen LogP contribution in [0.2, 0.25) is 0 Å². The van der Waals surface area contributed by atoms with E-state index in [1.54, 1.807) is 7.05 Å². The molecule has 1 N–H and O–H groups in total. The minimum absolute atomic E-state index is 0.171. The average molecular weight is 349 g/mol. The van der Waals surface area contributed by atoms with Crippen LogP contribution in [0.3, 0.4) is 0 Å². The lowest BCUT2D eigenvalue weighted by Crippen LogP contribution is -2.45. The van der Waals surface area contributed by atoms with Gasteiger partial charge in [-0.3, -0.25) is 19.2 Å². The van der Waals surface area contributed by atoms with E-state index in [2.05, 4.69) is 35.6 Å². The van der Waals surface area contributed by atoms with Gasteiger partial charge in [-0.05, 0) is 20.3 Å². The van der Waals surface area contributed by atoms with Gasteiger partial charge in [0, 0.05) is 26.7 Å². The number of fused-ring (bicyclic) bond motifs is 1. The van der Waals surface area contributed by atoms with Crippen LogP contribution in [0.5, 0.6) is 0 Å². The summed E-state index contributed by atoms with van der Waals surface area (Å²) in [5.41, 5.74) is 0.142. The van der Waals surface area contributed by atoms with Gasteiger partial charge < -0.3 is 9.30 Å². The highest BCUT2D eigenvalue weighted by Gasteiger charge is 2.25. The van der Waals surface area contributed by atoms with Crippen molar-refractivity contribution in [2.45, 2.75) is 58.9 Å². The van der Waals surface area contributed by atoms with Crippen molar-refractivity contribution in [3.05, 3.63) is 26.7 Å². The van der Waals surface area contributed by atoms with E-state index in [9.17, 15) is 9.59 Å². The monoisotopic (exact) mass is 349 g/mol. The molecule has 0 spiro atoms. The van der Waals surface area contributed by atoms with Crippen molar-refractivity contribution in [3.63, 3.8) is 0 Å². The summed E-state index contributed by atoms with van der Waals surface area (Å²) in [6, 6.07) is 0. The molecule has 2 atom stereocenters.